The molecule has 3 heterocycles. The van der Waals surface area contributed by atoms with Gasteiger partial charge in [-0.2, -0.15) is 5.10 Å². The van der Waals surface area contributed by atoms with Gasteiger partial charge in [0.15, 0.2) is 5.82 Å². The van der Waals surface area contributed by atoms with E-state index in [2.05, 4.69) is 20.5 Å². The van der Waals surface area contributed by atoms with E-state index in [0.29, 0.717) is 17.4 Å². The number of anilines is 2. The van der Waals surface area contributed by atoms with Crippen LogP contribution in [-0.2, 0) is 10.0 Å². The molecular formula is C15H21N5O2S2. The Balaban J connectivity index is 0.00000121. The number of pyridine rings is 1. The van der Waals surface area contributed by atoms with Crippen molar-refractivity contribution in [1.29, 1.82) is 0 Å². The molecule has 0 aromatic carbocycles. The molecule has 0 bridgehead atoms. The van der Waals surface area contributed by atoms with Crippen molar-refractivity contribution in [3.8, 4) is 10.6 Å². The van der Waals surface area contributed by atoms with E-state index in [1.54, 1.807) is 6.07 Å². The van der Waals surface area contributed by atoms with Gasteiger partial charge in [-0.1, -0.05) is 6.07 Å². The van der Waals surface area contributed by atoms with E-state index >= 15 is 0 Å². The van der Waals surface area contributed by atoms with Gasteiger partial charge in [0.1, 0.15) is 10.0 Å². The number of hydrogen-bond donors (Lipinski definition) is 3. The predicted octanol–water partition coefficient (Wildman–Crippen LogP) is 3.54. The zero-order valence-corrected chi connectivity index (χ0v) is 14.2. The lowest BCUT2D eigenvalue weighted by molar-refractivity contribution is 0.600. The summed E-state index contributed by atoms with van der Waals surface area (Å²) in [5, 5.41) is 15.6. The van der Waals surface area contributed by atoms with Gasteiger partial charge < -0.3 is 5.32 Å². The van der Waals surface area contributed by atoms with Gasteiger partial charge in [0.25, 0.3) is 0 Å². The lowest BCUT2D eigenvalue weighted by Gasteiger charge is -2.03. The maximum Gasteiger partial charge on any atom is 0.247 e. The van der Waals surface area contributed by atoms with E-state index in [9.17, 15) is 8.42 Å². The summed E-state index contributed by atoms with van der Waals surface area (Å²) in [4.78, 5) is 5.25. The predicted molar refractivity (Wildman–Crippen MR) is 99.1 cm³/mol. The fourth-order valence-corrected chi connectivity index (χ4v) is 4.09. The molecule has 4 N–H and O–H groups in total. The van der Waals surface area contributed by atoms with Crippen molar-refractivity contribution in [2.24, 2.45) is 5.14 Å². The minimum Gasteiger partial charge on any atom is -0.323 e. The average Bonchev–Trinajstić information content (AvgIpc) is 3.08. The van der Waals surface area contributed by atoms with Crippen molar-refractivity contribution in [3.63, 3.8) is 0 Å². The molecule has 0 aliphatic heterocycles. The van der Waals surface area contributed by atoms with Crippen LogP contribution in [-0.4, -0.2) is 23.6 Å². The first-order valence-electron chi connectivity index (χ1n) is 7.41. The molecule has 0 atom stereocenters. The summed E-state index contributed by atoms with van der Waals surface area (Å²) in [6, 6.07) is 10.7. The van der Waals surface area contributed by atoms with E-state index in [1.165, 1.54) is 18.9 Å². The first-order valence-corrected chi connectivity index (χ1v) is 9.78. The second kappa shape index (κ2) is 5.69. The van der Waals surface area contributed by atoms with E-state index < -0.39 is 10.0 Å². The number of aromatic amines is 1. The maximum absolute atomic E-state index is 11.4. The lowest BCUT2D eigenvalue weighted by Crippen LogP contribution is -2.09. The van der Waals surface area contributed by atoms with Crippen LogP contribution in [0.15, 0.2) is 40.6 Å². The molecule has 3 aromatic rings. The van der Waals surface area contributed by atoms with E-state index in [0.717, 1.165) is 27.7 Å². The Labute approximate surface area is 147 Å². The molecule has 1 aliphatic carbocycles. The third-order valence-corrected chi connectivity index (χ3v) is 6.28. The first kappa shape index (κ1) is 15.3. The summed E-state index contributed by atoms with van der Waals surface area (Å²) in [5.41, 5.74) is 1.82. The Morgan fingerprint density at radius 1 is 1.25 bits per heavy atom. The molecule has 3 aromatic heterocycles. The highest BCUT2D eigenvalue weighted by Gasteiger charge is 2.25. The second-order valence-corrected chi connectivity index (χ2v) is 8.55. The molecule has 0 unspecified atom stereocenters. The molecule has 130 valence electrons. The number of hydrogen-bond acceptors (Lipinski definition) is 6. The quantitative estimate of drug-likeness (QED) is 0.638. The second-order valence-electron chi connectivity index (χ2n) is 5.68. The number of nitrogens with two attached hydrogens (primary N) is 1. The zero-order chi connectivity index (χ0) is 16.7. The van der Waals surface area contributed by atoms with E-state index in [4.69, 9.17) is 5.14 Å². The Kier molecular flexibility index (Phi) is 3.63. The van der Waals surface area contributed by atoms with Gasteiger partial charge in [0, 0.05) is 22.0 Å². The summed E-state index contributed by atoms with van der Waals surface area (Å²) in [6.07, 6.45) is 2.42. The van der Waals surface area contributed by atoms with Crippen molar-refractivity contribution in [2.45, 2.75) is 23.0 Å². The van der Waals surface area contributed by atoms with Crippen LogP contribution < -0.4 is 10.5 Å². The monoisotopic (exact) mass is 367 g/mol. The molecule has 1 aliphatic rings. The van der Waals surface area contributed by atoms with Gasteiger partial charge in [-0.05, 0) is 37.1 Å². The van der Waals surface area contributed by atoms with Crippen LogP contribution in [0.4, 0.5) is 11.6 Å². The summed E-state index contributed by atoms with van der Waals surface area (Å²) < 4.78 is 22.9. The topological polar surface area (TPSA) is 114 Å². The summed E-state index contributed by atoms with van der Waals surface area (Å²) in [5.74, 6) is 1.97. The summed E-state index contributed by atoms with van der Waals surface area (Å²) in [6.45, 7) is 0. The van der Waals surface area contributed by atoms with Crippen LogP contribution in [0.2, 0.25) is 0 Å². The third kappa shape index (κ3) is 3.18. The number of thiophene rings is 1. The zero-order valence-electron chi connectivity index (χ0n) is 12.6. The number of sulfonamides is 1. The normalized spacial score (nSPS) is 14.7. The first-order chi connectivity index (χ1) is 11.5. The lowest BCUT2D eigenvalue weighted by atomic mass is 10.3. The van der Waals surface area contributed by atoms with Gasteiger partial charge in [0.05, 0.1) is 10.6 Å². The molecule has 4 rings (SSSR count). The molecule has 0 amide bonds. The van der Waals surface area contributed by atoms with Gasteiger partial charge in [-0.15, -0.1) is 11.3 Å². The molecular weight excluding hydrogens is 346 g/mol. The Hall–Kier alpha value is -2.23. The third-order valence-electron chi connectivity index (χ3n) is 3.73. The minimum absolute atomic E-state index is 0. The molecule has 1 saturated carbocycles. The van der Waals surface area contributed by atoms with Crippen molar-refractivity contribution < 1.29 is 12.7 Å². The largest absolute Gasteiger partial charge is 0.323 e. The number of rotatable bonds is 5. The highest BCUT2D eigenvalue weighted by Crippen LogP contribution is 2.39. The van der Waals surface area contributed by atoms with Crippen molar-refractivity contribution in [2.75, 3.05) is 5.32 Å². The highest BCUT2D eigenvalue weighted by atomic mass is 32.2. The maximum atomic E-state index is 11.4. The van der Waals surface area contributed by atoms with Crippen LogP contribution in [0.1, 0.15) is 28.7 Å². The molecule has 9 heteroatoms. The standard InChI is InChI=1S/C15H15N5O2S2.3H2/c16-24(21,22)15-7-6-12(23-15)10-2-1-3-13(17-10)18-14-8-11(19-20-14)9-4-5-9;;;/h1-3,6-9H,4-5H2,(H2,16,21,22)(H2,17,18,19,20);3*1H. The Morgan fingerprint density at radius 3 is 2.79 bits per heavy atom. The number of primary sulfonamides is 1. The van der Waals surface area contributed by atoms with Crippen LogP contribution in [0.5, 0.6) is 0 Å². The van der Waals surface area contributed by atoms with Gasteiger partial charge in [0.2, 0.25) is 10.0 Å². The summed E-state index contributed by atoms with van der Waals surface area (Å²) >= 11 is 1.10. The minimum atomic E-state index is -3.69. The molecule has 24 heavy (non-hydrogen) atoms. The number of aromatic nitrogens is 3. The molecule has 0 saturated heterocycles. The number of nitrogens with zero attached hydrogens (tertiary/aromatic N) is 2. The fraction of sp³-hybridized carbons (Fsp3) is 0.200. The smallest absolute Gasteiger partial charge is 0.247 e. The Morgan fingerprint density at radius 2 is 2.08 bits per heavy atom. The SMILES string of the molecule is NS(=O)(=O)c1ccc(-c2cccc(Nc3cc(C4CC4)[nH]n3)n2)s1.[HH].[HH].[HH]. The average molecular weight is 367 g/mol. The van der Waals surface area contributed by atoms with E-state index in [1.807, 2.05) is 24.3 Å². The van der Waals surface area contributed by atoms with Crippen molar-refractivity contribution in [3.05, 3.63) is 42.1 Å². The van der Waals surface area contributed by atoms with Gasteiger partial charge in [-0.25, -0.2) is 18.5 Å². The number of H-pyrrole nitrogens is 1. The van der Waals surface area contributed by atoms with Crippen molar-refractivity contribution >= 4 is 33.0 Å². The summed E-state index contributed by atoms with van der Waals surface area (Å²) in [7, 11) is -3.69. The van der Waals surface area contributed by atoms with Gasteiger partial charge >= 0.3 is 0 Å². The van der Waals surface area contributed by atoms with Crippen LogP contribution in [0.3, 0.4) is 0 Å². The van der Waals surface area contributed by atoms with Crippen molar-refractivity contribution in [1.82, 2.24) is 15.2 Å². The van der Waals surface area contributed by atoms with Crippen LogP contribution in [0.25, 0.3) is 10.6 Å². The fourth-order valence-electron chi connectivity index (χ4n) is 2.39. The molecule has 7 nitrogen and oxygen atoms in total. The molecule has 0 spiro atoms. The molecule has 0 radical (unpaired) electrons. The highest BCUT2D eigenvalue weighted by molar-refractivity contribution is 7.91. The van der Waals surface area contributed by atoms with Crippen LogP contribution in [0, 0.1) is 0 Å². The van der Waals surface area contributed by atoms with Gasteiger partial charge in [-0.3, -0.25) is 5.10 Å². The van der Waals surface area contributed by atoms with Crippen LogP contribution >= 0.6 is 11.3 Å². The van der Waals surface area contributed by atoms with E-state index in [-0.39, 0.29) is 8.49 Å². The number of nitrogens with one attached hydrogen (secondary N) is 2. The Bertz CT molecular complexity index is 1000. The molecule has 1 fully saturated rings.